The van der Waals surface area contributed by atoms with Crippen molar-refractivity contribution < 1.29 is 4.74 Å². The molecular formula is C8H11NO. The van der Waals surface area contributed by atoms with Crippen molar-refractivity contribution in [3.05, 3.63) is 12.2 Å². The fourth-order valence-electron chi connectivity index (χ4n) is 1.02. The Morgan fingerprint density at radius 1 is 1.70 bits per heavy atom. The van der Waals surface area contributed by atoms with Gasteiger partial charge in [-0.05, 0) is 12.8 Å². The summed E-state index contributed by atoms with van der Waals surface area (Å²) in [6, 6.07) is 1.99. The van der Waals surface area contributed by atoms with Gasteiger partial charge in [0.05, 0.1) is 12.7 Å². The number of nitrogens with zero attached hydrogens (tertiary/aromatic N) is 1. The lowest BCUT2D eigenvalue weighted by Gasteiger charge is -2.05. The molecule has 0 unspecified atom stereocenters. The number of methoxy groups -OCH3 is 1. The van der Waals surface area contributed by atoms with Crippen LogP contribution in [0.2, 0.25) is 0 Å². The Morgan fingerprint density at radius 2 is 2.40 bits per heavy atom. The summed E-state index contributed by atoms with van der Waals surface area (Å²) in [7, 11) is 1.69. The van der Waals surface area contributed by atoms with E-state index in [1.807, 2.05) is 12.1 Å². The Kier molecular flexibility index (Phi) is 2.08. The van der Waals surface area contributed by atoms with E-state index in [2.05, 4.69) is 0 Å². The van der Waals surface area contributed by atoms with Gasteiger partial charge in [0.2, 0.25) is 0 Å². The summed E-state index contributed by atoms with van der Waals surface area (Å²) in [5, 5.41) is 8.25. The third kappa shape index (κ3) is 1.58. The van der Waals surface area contributed by atoms with Crippen LogP contribution in [0.15, 0.2) is 12.2 Å². The number of nitriles is 1. The smallest absolute Gasteiger partial charge is 0.0908 e. The van der Waals surface area contributed by atoms with Crippen LogP contribution in [0.3, 0.4) is 0 Å². The van der Waals surface area contributed by atoms with Gasteiger partial charge in [-0.15, -0.1) is 0 Å². The predicted molar refractivity (Wildman–Crippen MR) is 38.3 cm³/mol. The molecule has 0 heterocycles. The van der Waals surface area contributed by atoms with Gasteiger partial charge in [0.25, 0.3) is 0 Å². The molecule has 0 aromatic carbocycles. The zero-order valence-corrected chi connectivity index (χ0v) is 6.13. The molecule has 0 spiro atoms. The number of hydrogen-bond acceptors (Lipinski definition) is 2. The highest BCUT2D eigenvalue weighted by molar-refractivity contribution is 5.15. The summed E-state index contributed by atoms with van der Waals surface area (Å²) in [4.78, 5) is 0. The Morgan fingerprint density at radius 3 is 2.80 bits per heavy atom. The summed E-state index contributed by atoms with van der Waals surface area (Å²) in [5.74, 6) is 0. The minimum atomic E-state index is 0.227. The molecule has 1 saturated carbocycles. The number of rotatable bonds is 3. The van der Waals surface area contributed by atoms with Gasteiger partial charge in [-0.3, -0.25) is 0 Å². The van der Waals surface area contributed by atoms with Crippen molar-refractivity contribution in [2.75, 3.05) is 13.7 Å². The lowest BCUT2D eigenvalue weighted by Crippen LogP contribution is -2.04. The monoisotopic (exact) mass is 137 g/mol. The van der Waals surface area contributed by atoms with Crippen LogP contribution < -0.4 is 0 Å². The van der Waals surface area contributed by atoms with Crippen molar-refractivity contribution in [3.63, 3.8) is 0 Å². The quantitative estimate of drug-likeness (QED) is 0.552. The summed E-state index contributed by atoms with van der Waals surface area (Å²) < 4.78 is 5.01. The van der Waals surface area contributed by atoms with Crippen molar-refractivity contribution in [1.29, 1.82) is 5.26 Å². The lowest BCUT2D eigenvalue weighted by molar-refractivity contribution is 0.161. The second-order valence-electron chi connectivity index (χ2n) is 2.76. The van der Waals surface area contributed by atoms with E-state index in [9.17, 15) is 0 Å². The predicted octanol–water partition coefficient (Wildman–Crippen LogP) is 1.49. The molecule has 0 amide bonds. The highest BCUT2D eigenvalue weighted by Crippen LogP contribution is 2.46. The third-order valence-electron chi connectivity index (χ3n) is 1.84. The minimum Gasteiger partial charge on any atom is -0.384 e. The molecule has 1 fully saturated rings. The van der Waals surface area contributed by atoms with Gasteiger partial charge in [0, 0.05) is 18.6 Å². The van der Waals surface area contributed by atoms with Crippen LogP contribution in [0, 0.1) is 16.7 Å². The molecule has 0 atom stereocenters. The zero-order valence-electron chi connectivity index (χ0n) is 6.13. The normalized spacial score (nSPS) is 20.8. The molecule has 54 valence electrons. The average molecular weight is 137 g/mol. The average Bonchev–Trinajstić information content (AvgIpc) is 2.67. The van der Waals surface area contributed by atoms with Gasteiger partial charge >= 0.3 is 0 Å². The van der Waals surface area contributed by atoms with Crippen molar-refractivity contribution in [2.45, 2.75) is 12.8 Å². The van der Waals surface area contributed by atoms with E-state index in [4.69, 9.17) is 10.00 Å². The van der Waals surface area contributed by atoms with Crippen LogP contribution >= 0.6 is 0 Å². The first kappa shape index (κ1) is 7.30. The molecule has 10 heavy (non-hydrogen) atoms. The van der Waals surface area contributed by atoms with Crippen LogP contribution in [0.4, 0.5) is 0 Å². The Balaban J connectivity index is 2.39. The van der Waals surface area contributed by atoms with E-state index in [0.29, 0.717) is 0 Å². The highest BCUT2D eigenvalue weighted by Gasteiger charge is 2.39. The van der Waals surface area contributed by atoms with Crippen molar-refractivity contribution in [1.82, 2.24) is 0 Å². The fraction of sp³-hybridized carbons (Fsp3) is 0.625. The van der Waals surface area contributed by atoms with Crippen molar-refractivity contribution in [2.24, 2.45) is 5.41 Å². The molecule has 0 aromatic heterocycles. The molecule has 2 nitrogen and oxygen atoms in total. The Hall–Kier alpha value is -0.810. The van der Waals surface area contributed by atoms with Crippen LogP contribution in [0.5, 0.6) is 0 Å². The number of hydrogen-bond donors (Lipinski definition) is 0. The summed E-state index contributed by atoms with van der Waals surface area (Å²) >= 11 is 0. The van der Waals surface area contributed by atoms with Gasteiger partial charge in [-0.25, -0.2) is 0 Å². The van der Waals surface area contributed by atoms with Crippen LogP contribution in [0.25, 0.3) is 0 Å². The fourth-order valence-corrected chi connectivity index (χ4v) is 1.02. The third-order valence-corrected chi connectivity index (χ3v) is 1.84. The van der Waals surface area contributed by atoms with Crippen LogP contribution in [-0.2, 0) is 4.74 Å². The molecule has 0 aromatic rings. The maximum absolute atomic E-state index is 8.25. The van der Waals surface area contributed by atoms with Crippen molar-refractivity contribution in [3.8, 4) is 6.07 Å². The molecule has 0 bridgehead atoms. The molecule has 1 aliphatic rings. The maximum atomic E-state index is 8.25. The van der Waals surface area contributed by atoms with E-state index >= 15 is 0 Å². The van der Waals surface area contributed by atoms with Crippen molar-refractivity contribution >= 4 is 0 Å². The maximum Gasteiger partial charge on any atom is 0.0908 e. The molecule has 0 saturated heterocycles. The molecule has 2 heteroatoms. The number of allylic oxidation sites excluding steroid dienone is 1. The molecule has 0 N–H and O–H groups in total. The molecular weight excluding hydrogens is 126 g/mol. The summed E-state index contributed by atoms with van der Waals surface area (Å²) in [6.07, 6.45) is 5.83. The lowest BCUT2D eigenvalue weighted by atomic mass is 10.1. The number of ether oxygens (including phenoxy) is 1. The van der Waals surface area contributed by atoms with Gasteiger partial charge in [-0.2, -0.15) is 5.26 Å². The largest absolute Gasteiger partial charge is 0.384 e. The first-order valence-corrected chi connectivity index (χ1v) is 3.39. The molecule has 1 aliphatic carbocycles. The van der Waals surface area contributed by atoms with E-state index in [-0.39, 0.29) is 5.41 Å². The molecule has 0 aliphatic heterocycles. The van der Waals surface area contributed by atoms with Gasteiger partial charge in [0.1, 0.15) is 0 Å². The van der Waals surface area contributed by atoms with E-state index in [1.54, 1.807) is 13.2 Å². The first-order chi connectivity index (χ1) is 4.83. The highest BCUT2D eigenvalue weighted by atomic mass is 16.5. The molecule has 0 radical (unpaired) electrons. The first-order valence-electron chi connectivity index (χ1n) is 3.39. The standard InChI is InChI=1S/C8H11NO/c1-10-7-8(4-5-8)3-2-6-9/h2-3H,4-5,7H2,1H3/b3-2+. The summed E-state index contributed by atoms with van der Waals surface area (Å²) in [6.45, 7) is 0.755. The van der Waals surface area contributed by atoms with Gasteiger partial charge in [-0.1, -0.05) is 6.08 Å². The SMILES string of the molecule is COCC1(/C=C/C#N)CC1. The van der Waals surface area contributed by atoms with E-state index in [0.717, 1.165) is 6.61 Å². The van der Waals surface area contributed by atoms with E-state index < -0.39 is 0 Å². The van der Waals surface area contributed by atoms with Crippen LogP contribution in [-0.4, -0.2) is 13.7 Å². The topological polar surface area (TPSA) is 33.0 Å². The van der Waals surface area contributed by atoms with E-state index in [1.165, 1.54) is 12.8 Å². The zero-order chi connectivity index (χ0) is 7.45. The van der Waals surface area contributed by atoms with Crippen LogP contribution in [0.1, 0.15) is 12.8 Å². The second-order valence-corrected chi connectivity index (χ2v) is 2.76. The van der Waals surface area contributed by atoms with Gasteiger partial charge < -0.3 is 4.74 Å². The Labute approximate surface area is 61.1 Å². The minimum absolute atomic E-state index is 0.227. The Bertz CT molecular complexity index is 174. The summed E-state index contributed by atoms with van der Waals surface area (Å²) in [5.41, 5.74) is 0.227. The second kappa shape index (κ2) is 2.85. The van der Waals surface area contributed by atoms with Gasteiger partial charge in [0.15, 0.2) is 0 Å². The molecule has 1 rings (SSSR count).